The Hall–Kier alpha value is -0.270. The van der Waals surface area contributed by atoms with Gasteiger partial charge < -0.3 is 0 Å². The van der Waals surface area contributed by atoms with Gasteiger partial charge in [-0.05, 0) is 36.2 Å². The molecule has 0 N–H and O–H groups in total. The van der Waals surface area contributed by atoms with Crippen LogP contribution in [0.5, 0.6) is 0 Å². The fourth-order valence-corrected chi connectivity index (χ4v) is 1.40. The maximum absolute atomic E-state index is 5.81. The van der Waals surface area contributed by atoms with Gasteiger partial charge in [0.05, 0.1) is 0 Å². The summed E-state index contributed by atoms with van der Waals surface area (Å²) in [6.45, 7) is 2.80. The highest BCUT2D eigenvalue weighted by Gasteiger charge is 2.08. The van der Waals surface area contributed by atoms with E-state index in [2.05, 4.69) is 0 Å². The van der Waals surface area contributed by atoms with Crippen LogP contribution in [-0.4, -0.2) is 0 Å². The molecule has 0 aliphatic rings. The second-order valence-electron chi connectivity index (χ2n) is 1.92. The van der Waals surface area contributed by atoms with E-state index in [9.17, 15) is 0 Å². The van der Waals surface area contributed by atoms with Crippen LogP contribution in [0, 0.1) is 0 Å². The van der Waals surface area contributed by atoms with E-state index in [0.29, 0.717) is 10.3 Å². The van der Waals surface area contributed by atoms with Gasteiger partial charge in [-0.1, -0.05) is 0 Å². The van der Waals surface area contributed by atoms with Gasteiger partial charge in [0.2, 0.25) is 0 Å². The predicted octanol–water partition coefficient (Wildman–Crippen LogP) is 2.30. The molecule has 3 heteroatoms. The van der Waals surface area contributed by atoms with E-state index >= 15 is 0 Å². The number of nitrogens with zero attached hydrogens (tertiary/aromatic N) is 1. The Morgan fingerprint density at radius 1 is 1.30 bits per heavy atom. The average molecular weight is 177 g/mol. The van der Waals surface area contributed by atoms with Crippen LogP contribution in [0.1, 0.15) is 6.92 Å². The van der Waals surface area contributed by atoms with Gasteiger partial charge in [-0.3, -0.25) is 0 Å². The van der Waals surface area contributed by atoms with Gasteiger partial charge in [0.1, 0.15) is 6.54 Å². The lowest BCUT2D eigenvalue weighted by molar-refractivity contribution is -0.689. The molecule has 0 saturated carbocycles. The van der Waals surface area contributed by atoms with Crippen molar-refractivity contribution in [2.45, 2.75) is 13.5 Å². The van der Waals surface area contributed by atoms with Gasteiger partial charge in [0.15, 0.2) is 0 Å². The number of rotatable bonds is 1. The zero-order valence-electron chi connectivity index (χ0n) is 5.64. The van der Waals surface area contributed by atoms with Crippen LogP contribution in [-0.2, 0) is 6.54 Å². The lowest BCUT2D eigenvalue weighted by Crippen LogP contribution is -2.34. The quantitative estimate of drug-likeness (QED) is 0.457. The van der Waals surface area contributed by atoms with Crippen molar-refractivity contribution < 1.29 is 4.57 Å². The Morgan fingerprint density at radius 3 is 2.10 bits per heavy atom. The summed E-state index contributed by atoms with van der Waals surface area (Å²) in [5, 5.41) is 1.35. The van der Waals surface area contributed by atoms with Crippen LogP contribution in [0.25, 0.3) is 0 Å². The number of hydrogen-bond donors (Lipinski definition) is 0. The molecule has 1 aromatic rings. The standard InChI is InChI=1S/C7H8Cl2N/c1-2-10-6(8)4-3-5-7(10)9/h3-5H,2H2,1H3/q+1. The highest BCUT2D eigenvalue weighted by atomic mass is 35.5. The fourth-order valence-electron chi connectivity index (χ4n) is 0.791. The Morgan fingerprint density at radius 2 is 1.80 bits per heavy atom. The van der Waals surface area contributed by atoms with Crippen molar-refractivity contribution in [2.24, 2.45) is 0 Å². The zero-order chi connectivity index (χ0) is 7.56. The molecule has 0 radical (unpaired) electrons. The van der Waals surface area contributed by atoms with Crippen LogP contribution in [0.4, 0.5) is 0 Å². The summed E-state index contributed by atoms with van der Waals surface area (Å²) in [4.78, 5) is 0. The number of hydrogen-bond acceptors (Lipinski definition) is 0. The Labute approximate surface area is 70.2 Å². The van der Waals surface area contributed by atoms with E-state index in [-0.39, 0.29) is 0 Å². The highest BCUT2D eigenvalue weighted by Crippen LogP contribution is 2.06. The lowest BCUT2D eigenvalue weighted by atomic mass is 10.5. The van der Waals surface area contributed by atoms with Crippen LogP contribution in [0.3, 0.4) is 0 Å². The van der Waals surface area contributed by atoms with Gasteiger partial charge in [-0.25, -0.2) is 0 Å². The van der Waals surface area contributed by atoms with E-state index in [1.807, 2.05) is 29.7 Å². The summed E-state index contributed by atoms with van der Waals surface area (Å²) in [6, 6.07) is 5.46. The molecule has 0 amide bonds. The summed E-state index contributed by atoms with van der Waals surface area (Å²) in [5.41, 5.74) is 0. The van der Waals surface area contributed by atoms with Crippen LogP contribution in [0.15, 0.2) is 18.2 Å². The summed E-state index contributed by atoms with van der Waals surface area (Å²) in [6.07, 6.45) is 0. The molecule has 1 rings (SSSR count). The van der Waals surface area contributed by atoms with Crippen LogP contribution < -0.4 is 4.57 Å². The third kappa shape index (κ3) is 1.41. The maximum atomic E-state index is 5.81. The first-order chi connectivity index (χ1) is 4.75. The Bertz CT molecular complexity index is 215. The first kappa shape index (κ1) is 7.83. The minimum absolute atomic E-state index is 0.676. The molecule has 0 atom stereocenters. The summed E-state index contributed by atoms with van der Waals surface area (Å²) in [5.74, 6) is 0. The molecule has 0 spiro atoms. The molecular formula is C7H8Cl2N+. The summed E-state index contributed by atoms with van der Waals surface area (Å²) < 4.78 is 1.82. The molecule has 54 valence electrons. The predicted molar refractivity (Wildman–Crippen MR) is 42.3 cm³/mol. The molecule has 1 heterocycles. The van der Waals surface area contributed by atoms with Crippen molar-refractivity contribution in [1.29, 1.82) is 0 Å². The maximum Gasteiger partial charge on any atom is 0.276 e. The zero-order valence-corrected chi connectivity index (χ0v) is 7.15. The smallest absolute Gasteiger partial charge is 0.172 e. The van der Waals surface area contributed by atoms with E-state index in [1.54, 1.807) is 0 Å². The molecule has 0 bridgehead atoms. The normalized spacial score (nSPS) is 9.90. The molecule has 0 aliphatic heterocycles. The van der Waals surface area contributed by atoms with Gasteiger partial charge in [-0.15, -0.1) is 0 Å². The molecule has 0 aliphatic carbocycles. The molecular weight excluding hydrogens is 169 g/mol. The third-order valence-electron chi connectivity index (χ3n) is 1.30. The SMILES string of the molecule is CC[n+]1c(Cl)cccc1Cl. The second-order valence-corrected chi connectivity index (χ2v) is 2.69. The largest absolute Gasteiger partial charge is 0.276 e. The third-order valence-corrected chi connectivity index (χ3v) is 1.96. The highest BCUT2D eigenvalue weighted by molar-refractivity contribution is 6.30. The van der Waals surface area contributed by atoms with E-state index in [0.717, 1.165) is 6.54 Å². The minimum atomic E-state index is 0.676. The molecule has 0 fully saturated rings. The molecule has 0 aromatic carbocycles. The number of halogens is 2. The summed E-state index contributed by atoms with van der Waals surface area (Å²) >= 11 is 11.6. The Kier molecular flexibility index (Phi) is 2.52. The molecule has 0 unspecified atom stereocenters. The van der Waals surface area contributed by atoms with Gasteiger partial charge in [0.25, 0.3) is 10.3 Å². The lowest BCUT2D eigenvalue weighted by Gasteiger charge is -1.94. The van der Waals surface area contributed by atoms with Gasteiger partial charge in [-0.2, -0.15) is 4.57 Å². The average Bonchev–Trinajstić information content (AvgIpc) is 1.88. The van der Waals surface area contributed by atoms with Crippen molar-refractivity contribution in [1.82, 2.24) is 0 Å². The second kappa shape index (κ2) is 3.22. The first-order valence-electron chi connectivity index (χ1n) is 3.09. The van der Waals surface area contributed by atoms with Crippen molar-refractivity contribution in [3.8, 4) is 0 Å². The topological polar surface area (TPSA) is 3.88 Å². The first-order valence-corrected chi connectivity index (χ1v) is 3.85. The molecule has 0 saturated heterocycles. The van der Waals surface area contributed by atoms with Crippen molar-refractivity contribution in [2.75, 3.05) is 0 Å². The van der Waals surface area contributed by atoms with Crippen molar-refractivity contribution in [3.05, 3.63) is 28.5 Å². The molecule has 1 nitrogen and oxygen atoms in total. The molecule has 1 aromatic heterocycles. The van der Waals surface area contributed by atoms with Crippen LogP contribution in [0.2, 0.25) is 10.3 Å². The van der Waals surface area contributed by atoms with Crippen molar-refractivity contribution >= 4 is 23.2 Å². The monoisotopic (exact) mass is 176 g/mol. The van der Waals surface area contributed by atoms with E-state index < -0.39 is 0 Å². The Balaban J connectivity index is 3.17. The van der Waals surface area contributed by atoms with Gasteiger partial charge in [0, 0.05) is 12.1 Å². The summed E-state index contributed by atoms with van der Waals surface area (Å²) in [7, 11) is 0. The minimum Gasteiger partial charge on any atom is -0.172 e. The van der Waals surface area contributed by atoms with Gasteiger partial charge >= 0.3 is 0 Å². The van der Waals surface area contributed by atoms with Crippen LogP contribution >= 0.6 is 23.2 Å². The molecule has 10 heavy (non-hydrogen) atoms. The van der Waals surface area contributed by atoms with E-state index in [1.165, 1.54) is 0 Å². The van der Waals surface area contributed by atoms with E-state index in [4.69, 9.17) is 23.2 Å². The van der Waals surface area contributed by atoms with Crippen molar-refractivity contribution in [3.63, 3.8) is 0 Å². The number of pyridine rings is 1. The number of aromatic nitrogens is 1. The fraction of sp³-hybridized carbons (Fsp3) is 0.286.